The molecule has 138 valence electrons. The molecule has 26 heavy (non-hydrogen) atoms. The number of nitrogens with zero attached hydrogens (tertiary/aromatic N) is 2. The molecule has 0 saturated heterocycles. The van der Waals surface area contributed by atoms with Crippen LogP contribution in [0, 0.1) is 0 Å². The van der Waals surface area contributed by atoms with Crippen molar-refractivity contribution in [2.75, 3.05) is 32.6 Å². The molecule has 9 nitrogen and oxygen atoms in total. The number of carbonyl (C=O) groups is 3. The van der Waals surface area contributed by atoms with E-state index in [0.717, 1.165) is 11.5 Å². The topological polar surface area (TPSA) is 124 Å². The Morgan fingerprint density at radius 1 is 1.19 bits per heavy atom. The Kier molecular flexibility index (Phi) is 6.50. The summed E-state index contributed by atoms with van der Waals surface area (Å²) in [6, 6.07) is 8.08. The van der Waals surface area contributed by atoms with E-state index < -0.39 is 17.9 Å². The number of urea groups is 1. The zero-order chi connectivity index (χ0) is 19.1. The summed E-state index contributed by atoms with van der Waals surface area (Å²) in [6.07, 6.45) is 0. The van der Waals surface area contributed by atoms with E-state index in [9.17, 15) is 14.4 Å². The number of hydrogen-bond donors (Lipinski definition) is 2. The summed E-state index contributed by atoms with van der Waals surface area (Å²) in [4.78, 5) is 36.5. The van der Waals surface area contributed by atoms with E-state index in [1.54, 1.807) is 44.4 Å². The van der Waals surface area contributed by atoms with Crippen LogP contribution in [0.3, 0.4) is 0 Å². The van der Waals surface area contributed by atoms with Gasteiger partial charge in [-0.1, -0.05) is 18.2 Å². The lowest BCUT2D eigenvalue weighted by Gasteiger charge is -2.11. The van der Waals surface area contributed by atoms with Crippen LogP contribution in [0.2, 0.25) is 0 Å². The van der Waals surface area contributed by atoms with Crippen molar-refractivity contribution in [3.05, 3.63) is 41.5 Å². The number of hydrogen-bond acceptors (Lipinski definition) is 7. The quantitative estimate of drug-likeness (QED) is 0.557. The molecule has 0 aliphatic carbocycles. The molecular weight excluding hydrogens is 360 g/mol. The lowest BCUT2D eigenvalue weighted by atomic mass is 10.2. The van der Waals surface area contributed by atoms with Gasteiger partial charge in [0.15, 0.2) is 0 Å². The molecule has 3 amide bonds. The number of anilines is 1. The number of benzene rings is 1. The number of esters is 1. The second-order valence-electron chi connectivity index (χ2n) is 5.23. The Morgan fingerprint density at radius 3 is 2.50 bits per heavy atom. The van der Waals surface area contributed by atoms with Crippen LogP contribution in [0.25, 0.3) is 0 Å². The number of rotatable bonds is 7. The average Bonchev–Trinajstić information content (AvgIpc) is 3.01. The van der Waals surface area contributed by atoms with Gasteiger partial charge in [0.05, 0.1) is 5.56 Å². The second kappa shape index (κ2) is 8.81. The van der Waals surface area contributed by atoms with Gasteiger partial charge >= 0.3 is 12.0 Å². The maximum absolute atomic E-state index is 11.8. The summed E-state index contributed by atoms with van der Waals surface area (Å²) in [7, 11) is 3.11. The highest BCUT2D eigenvalue weighted by molar-refractivity contribution is 7.11. The minimum atomic E-state index is -0.788. The van der Waals surface area contributed by atoms with Gasteiger partial charge in [-0.05, 0) is 23.7 Å². The van der Waals surface area contributed by atoms with Crippen molar-refractivity contribution in [2.45, 2.75) is 0 Å². The maximum atomic E-state index is 11.8. The van der Waals surface area contributed by atoms with E-state index in [1.165, 1.54) is 4.90 Å². The Bertz CT molecular complexity index is 791. The van der Waals surface area contributed by atoms with Crippen LogP contribution in [-0.4, -0.2) is 54.5 Å². The first-order chi connectivity index (χ1) is 12.4. The average molecular weight is 378 g/mol. The number of ether oxygens (including phenoxy) is 2. The fraction of sp³-hybridized carbons (Fsp3) is 0.250. The zero-order valence-corrected chi connectivity index (χ0v) is 15.0. The van der Waals surface area contributed by atoms with Gasteiger partial charge in [-0.3, -0.25) is 10.1 Å². The number of nitrogens with two attached hydrogens (primary N) is 1. The molecule has 10 heteroatoms. The van der Waals surface area contributed by atoms with E-state index in [4.69, 9.17) is 15.2 Å². The molecule has 0 unspecified atom stereocenters. The van der Waals surface area contributed by atoms with Crippen LogP contribution in [0.1, 0.15) is 20.7 Å². The highest BCUT2D eigenvalue weighted by Gasteiger charge is 2.22. The van der Waals surface area contributed by atoms with Gasteiger partial charge in [0.25, 0.3) is 5.91 Å². The summed E-state index contributed by atoms with van der Waals surface area (Å²) in [5.74, 6) is -1.29. The van der Waals surface area contributed by atoms with Crippen molar-refractivity contribution >= 4 is 34.4 Å². The SMILES string of the molecule is CN(C)C(=O)Nc1snc(OCCOC(=O)c2ccccc2)c1C(N)=O. The van der Waals surface area contributed by atoms with E-state index in [1.807, 2.05) is 0 Å². The first kappa shape index (κ1) is 19.2. The molecule has 2 rings (SSSR count). The number of amides is 3. The first-order valence-electron chi connectivity index (χ1n) is 7.53. The fourth-order valence-corrected chi connectivity index (χ4v) is 2.55. The third-order valence-electron chi connectivity index (χ3n) is 3.10. The summed E-state index contributed by atoms with van der Waals surface area (Å²) in [5, 5.41) is 2.71. The van der Waals surface area contributed by atoms with Gasteiger partial charge in [-0.25, -0.2) is 9.59 Å². The monoisotopic (exact) mass is 378 g/mol. The molecule has 1 aromatic carbocycles. The first-order valence-corrected chi connectivity index (χ1v) is 8.30. The largest absolute Gasteiger partial charge is 0.473 e. The Labute approximate surface area is 153 Å². The molecule has 3 N–H and O–H groups in total. The second-order valence-corrected chi connectivity index (χ2v) is 6.00. The molecule has 0 saturated carbocycles. The van der Waals surface area contributed by atoms with E-state index in [-0.39, 0.29) is 29.7 Å². The molecule has 1 aromatic heterocycles. The lowest BCUT2D eigenvalue weighted by Crippen LogP contribution is -2.28. The van der Waals surface area contributed by atoms with Crippen LogP contribution >= 0.6 is 11.5 Å². The van der Waals surface area contributed by atoms with Gasteiger partial charge < -0.3 is 20.1 Å². The molecule has 0 spiro atoms. The van der Waals surface area contributed by atoms with Crippen molar-refractivity contribution in [1.82, 2.24) is 9.27 Å². The molecule has 0 atom stereocenters. The van der Waals surface area contributed by atoms with Gasteiger partial charge in [0.2, 0.25) is 5.88 Å². The molecule has 0 aliphatic heterocycles. The highest BCUT2D eigenvalue weighted by atomic mass is 32.1. The maximum Gasteiger partial charge on any atom is 0.338 e. The van der Waals surface area contributed by atoms with E-state index in [2.05, 4.69) is 9.69 Å². The predicted octanol–water partition coefficient (Wildman–Crippen LogP) is 1.57. The zero-order valence-electron chi connectivity index (χ0n) is 14.2. The van der Waals surface area contributed by atoms with Crippen LogP contribution < -0.4 is 15.8 Å². The molecule has 0 bridgehead atoms. The molecule has 0 aliphatic rings. The van der Waals surface area contributed by atoms with Crippen molar-refractivity contribution in [3.63, 3.8) is 0 Å². The van der Waals surface area contributed by atoms with Crippen LogP contribution in [0.5, 0.6) is 5.88 Å². The predicted molar refractivity (Wildman–Crippen MR) is 95.6 cm³/mol. The van der Waals surface area contributed by atoms with Crippen LogP contribution in [0.4, 0.5) is 9.80 Å². The van der Waals surface area contributed by atoms with Crippen molar-refractivity contribution in [2.24, 2.45) is 5.73 Å². The van der Waals surface area contributed by atoms with Crippen molar-refractivity contribution < 1.29 is 23.9 Å². The summed E-state index contributed by atoms with van der Waals surface area (Å²) >= 11 is 0.869. The lowest BCUT2D eigenvalue weighted by molar-refractivity contribution is 0.0447. The molecule has 2 aromatic rings. The van der Waals surface area contributed by atoms with Gasteiger partial charge in [0.1, 0.15) is 23.8 Å². The van der Waals surface area contributed by atoms with Crippen molar-refractivity contribution in [3.8, 4) is 5.88 Å². The third-order valence-corrected chi connectivity index (χ3v) is 3.84. The van der Waals surface area contributed by atoms with E-state index >= 15 is 0 Å². The fourth-order valence-electron chi connectivity index (χ4n) is 1.82. The van der Waals surface area contributed by atoms with Gasteiger partial charge in [0, 0.05) is 14.1 Å². The minimum absolute atomic E-state index is 0.0210. The number of nitrogens with one attached hydrogen (secondary N) is 1. The standard InChI is InChI=1S/C16H18N4O5S/c1-20(2)16(23)18-14-11(12(17)21)13(19-26-14)24-8-9-25-15(22)10-6-4-3-5-7-10/h3-7H,8-9H2,1-2H3,(H2,17,21)(H,18,23). The minimum Gasteiger partial charge on any atom is -0.473 e. The Morgan fingerprint density at radius 2 is 1.88 bits per heavy atom. The highest BCUT2D eigenvalue weighted by Crippen LogP contribution is 2.30. The van der Waals surface area contributed by atoms with Crippen LogP contribution in [0.15, 0.2) is 30.3 Å². The van der Waals surface area contributed by atoms with Gasteiger partial charge in [-0.15, -0.1) is 0 Å². The Balaban J connectivity index is 1.93. The summed E-state index contributed by atoms with van der Waals surface area (Å²) < 4.78 is 14.4. The summed E-state index contributed by atoms with van der Waals surface area (Å²) in [5.41, 5.74) is 5.73. The van der Waals surface area contributed by atoms with Gasteiger partial charge in [-0.2, -0.15) is 4.37 Å². The third kappa shape index (κ3) is 4.93. The van der Waals surface area contributed by atoms with Crippen LogP contribution in [-0.2, 0) is 4.74 Å². The number of aromatic nitrogens is 1. The molecule has 1 heterocycles. The smallest absolute Gasteiger partial charge is 0.338 e. The normalized spacial score (nSPS) is 10.1. The number of carbonyl (C=O) groups excluding carboxylic acids is 3. The van der Waals surface area contributed by atoms with Crippen molar-refractivity contribution in [1.29, 1.82) is 0 Å². The molecule has 0 radical (unpaired) electrons. The molecule has 0 fully saturated rings. The van der Waals surface area contributed by atoms with E-state index in [0.29, 0.717) is 5.56 Å². The Hall–Kier alpha value is -3.14. The summed E-state index contributed by atoms with van der Waals surface area (Å²) in [6.45, 7) is -0.0630. The number of primary amides is 1. The molecular formula is C16H18N4O5S.